The van der Waals surface area contributed by atoms with Gasteiger partial charge in [0.15, 0.2) is 0 Å². The standard InChI is InChI=1S/C13H19N3O4S/c1-4-16(5-2)11(17)8(3)14-13(20)15-10-9(12(18)19)6-7-21-10/h6-8H,4-5H2,1-3H3,(H,18,19)(H2,14,15,20). The second-order valence-electron chi connectivity index (χ2n) is 4.30. The predicted molar refractivity (Wildman–Crippen MR) is 80.8 cm³/mol. The number of carboxylic acid groups (broad SMARTS) is 1. The first-order valence-electron chi connectivity index (χ1n) is 6.57. The Morgan fingerprint density at radius 3 is 2.48 bits per heavy atom. The summed E-state index contributed by atoms with van der Waals surface area (Å²) in [6.07, 6.45) is 0. The maximum absolute atomic E-state index is 12.0. The average Bonchev–Trinajstić information content (AvgIpc) is 2.87. The van der Waals surface area contributed by atoms with Gasteiger partial charge in [-0.1, -0.05) is 0 Å². The van der Waals surface area contributed by atoms with Crippen LogP contribution in [0.25, 0.3) is 0 Å². The molecule has 1 heterocycles. The second-order valence-corrected chi connectivity index (χ2v) is 5.22. The first-order valence-corrected chi connectivity index (χ1v) is 7.45. The van der Waals surface area contributed by atoms with Crippen molar-refractivity contribution in [3.8, 4) is 0 Å². The lowest BCUT2D eigenvalue weighted by molar-refractivity contribution is -0.132. The topological polar surface area (TPSA) is 98.7 Å². The zero-order chi connectivity index (χ0) is 16.0. The van der Waals surface area contributed by atoms with E-state index in [2.05, 4.69) is 10.6 Å². The maximum Gasteiger partial charge on any atom is 0.338 e. The van der Waals surface area contributed by atoms with Gasteiger partial charge in [0, 0.05) is 13.1 Å². The van der Waals surface area contributed by atoms with E-state index in [9.17, 15) is 14.4 Å². The summed E-state index contributed by atoms with van der Waals surface area (Å²) in [6, 6.07) is 0.124. The summed E-state index contributed by atoms with van der Waals surface area (Å²) in [7, 11) is 0. The molecular weight excluding hydrogens is 294 g/mol. The lowest BCUT2D eigenvalue weighted by Gasteiger charge is -2.23. The normalized spacial score (nSPS) is 11.6. The molecular formula is C13H19N3O4S. The fraction of sp³-hybridized carbons (Fsp3) is 0.462. The quantitative estimate of drug-likeness (QED) is 0.746. The molecule has 0 aliphatic heterocycles. The summed E-state index contributed by atoms with van der Waals surface area (Å²) in [5.74, 6) is -1.29. The molecule has 0 aliphatic rings. The Hall–Kier alpha value is -2.09. The zero-order valence-electron chi connectivity index (χ0n) is 12.2. The maximum atomic E-state index is 12.0. The molecule has 0 aromatic carbocycles. The number of carbonyl (C=O) groups excluding carboxylic acids is 2. The highest BCUT2D eigenvalue weighted by Crippen LogP contribution is 2.22. The van der Waals surface area contributed by atoms with Crippen LogP contribution >= 0.6 is 11.3 Å². The van der Waals surface area contributed by atoms with E-state index in [1.54, 1.807) is 17.2 Å². The van der Waals surface area contributed by atoms with E-state index < -0.39 is 18.0 Å². The van der Waals surface area contributed by atoms with Gasteiger partial charge in [-0.3, -0.25) is 10.1 Å². The Balaban J connectivity index is 2.63. The molecule has 0 aliphatic carbocycles. The number of nitrogens with zero attached hydrogens (tertiary/aromatic N) is 1. The Bertz CT molecular complexity index is 525. The Morgan fingerprint density at radius 2 is 1.95 bits per heavy atom. The molecule has 0 saturated carbocycles. The number of nitrogens with one attached hydrogen (secondary N) is 2. The lowest BCUT2D eigenvalue weighted by atomic mass is 10.3. The van der Waals surface area contributed by atoms with Gasteiger partial charge < -0.3 is 15.3 Å². The number of thiophene rings is 1. The zero-order valence-corrected chi connectivity index (χ0v) is 13.0. The van der Waals surface area contributed by atoms with Gasteiger partial charge in [-0.05, 0) is 32.2 Å². The molecule has 0 fully saturated rings. The van der Waals surface area contributed by atoms with Gasteiger partial charge in [-0.2, -0.15) is 0 Å². The molecule has 3 amide bonds. The molecule has 3 N–H and O–H groups in total. The molecule has 0 radical (unpaired) electrons. The van der Waals surface area contributed by atoms with Crippen molar-refractivity contribution in [1.29, 1.82) is 0 Å². The van der Waals surface area contributed by atoms with Crippen LogP contribution in [0, 0.1) is 0 Å². The average molecular weight is 313 g/mol. The summed E-state index contributed by atoms with van der Waals surface area (Å²) in [4.78, 5) is 36.4. The Morgan fingerprint density at radius 1 is 1.33 bits per heavy atom. The third kappa shape index (κ3) is 4.45. The van der Waals surface area contributed by atoms with E-state index >= 15 is 0 Å². The van der Waals surface area contributed by atoms with E-state index in [-0.39, 0.29) is 16.5 Å². The minimum atomic E-state index is -1.11. The SMILES string of the molecule is CCN(CC)C(=O)C(C)NC(=O)Nc1sccc1C(=O)O. The van der Waals surface area contributed by atoms with Crippen LogP contribution in [-0.4, -0.2) is 47.0 Å². The van der Waals surface area contributed by atoms with Crippen molar-refractivity contribution in [3.05, 3.63) is 17.0 Å². The summed E-state index contributed by atoms with van der Waals surface area (Å²) in [5.41, 5.74) is 0.0258. The summed E-state index contributed by atoms with van der Waals surface area (Å²) < 4.78 is 0. The highest BCUT2D eigenvalue weighted by Gasteiger charge is 2.21. The number of hydrogen-bond acceptors (Lipinski definition) is 4. The largest absolute Gasteiger partial charge is 0.478 e. The molecule has 0 bridgehead atoms. The van der Waals surface area contributed by atoms with Crippen LogP contribution in [0.2, 0.25) is 0 Å². The number of likely N-dealkylation sites (N-methyl/N-ethyl adjacent to an activating group) is 1. The van der Waals surface area contributed by atoms with Crippen molar-refractivity contribution in [2.75, 3.05) is 18.4 Å². The molecule has 1 unspecified atom stereocenters. The van der Waals surface area contributed by atoms with E-state index in [0.717, 1.165) is 11.3 Å². The van der Waals surface area contributed by atoms with E-state index in [1.165, 1.54) is 6.07 Å². The first-order chi connectivity index (χ1) is 9.90. The molecule has 116 valence electrons. The number of aromatic carboxylic acids is 1. The van der Waals surface area contributed by atoms with Gasteiger partial charge in [0.2, 0.25) is 5.91 Å². The van der Waals surface area contributed by atoms with Crippen molar-refractivity contribution in [2.45, 2.75) is 26.8 Å². The number of hydrogen-bond donors (Lipinski definition) is 3. The predicted octanol–water partition coefficient (Wildman–Crippen LogP) is 1.82. The first kappa shape index (κ1) is 17.0. The van der Waals surface area contributed by atoms with Crippen LogP contribution in [0.4, 0.5) is 9.80 Å². The van der Waals surface area contributed by atoms with Crippen LogP contribution in [0.1, 0.15) is 31.1 Å². The number of anilines is 1. The minimum Gasteiger partial charge on any atom is -0.478 e. The Labute approximate surface area is 126 Å². The highest BCUT2D eigenvalue weighted by atomic mass is 32.1. The van der Waals surface area contributed by atoms with Crippen LogP contribution in [0.5, 0.6) is 0 Å². The van der Waals surface area contributed by atoms with Crippen LogP contribution in [0.15, 0.2) is 11.4 Å². The Kier molecular flexibility index (Phi) is 6.16. The molecule has 1 aromatic rings. The highest BCUT2D eigenvalue weighted by molar-refractivity contribution is 7.14. The molecule has 1 rings (SSSR count). The molecule has 8 heteroatoms. The van der Waals surface area contributed by atoms with Crippen molar-refractivity contribution in [2.24, 2.45) is 0 Å². The fourth-order valence-corrected chi connectivity index (χ4v) is 2.56. The molecule has 7 nitrogen and oxygen atoms in total. The van der Waals surface area contributed by atoms with Gasteiger partial charge in [0.1, 0.15) is 11.0 Å². The molecule has 0 saturated heterocycles. The third-order valence-electron chi connectivity index (χ3n) is 2.92. The molecule has 1 atom stereocenters. The van der Waals surface area contributed by atoms with Gasteiger partial charge >= 0.3 is 12.0 Å². The van der Waals surface area contributed by atoms with E-state index in [0.29, 0.717) is 13.1 Å². The summed E-state index contributed by atoms with van der Waals surface area (Å²) in [5, 5.41) is 15.7. The minimum absolute atomic E-state index is 0.0258. The van der Waals surface area contributed by atoms with Crippen molar-refractivity contribution in [1.82, 2.24) is 10.2 Å². The summed E-state index contributed by atoms with van der Waals surface area (Å²) >= 11 is 1.11. The molecule has 0 spiro atoms. The van der Waals surface area contributed by atoms with Crippen LogP contribution < -0.4 is 10.6 Å². The second kappa shape index (κ2) is 7.63. The number of carboxylic acids is 1. The van der Waals surface area contributed by atoms with Gasteiger partial charge in [-0.15, -0.1) is 11.3 Å². The number of rotatable bonds is 6. The van der Waals surface area contributed by atoms with Gasteiger partial charge in [-0.25, -0.2) is 9.59 Å². The van der Waals surface area contributed by atoms with Gasteiger partial charge in [0.05, 0.1) is 5.56 Å². The van der Waals surface area contributed by atoms with Crippen LogP contribution in [-0.2, 0) is 4.79 Å². The summed E-state index contributed by atoms with van der Waals surface area (Å²) in [6.45, 7) is 6.44. The van der Waals surface area contributed by atoms with Crippen LogP contribution in [0.3, 0.4) is 0 Å². The van der Waals surface area contributed by atoms with Crippen molar-refractivity contribution >= 4 is 34.2 Å². The van der Waals surface area contributed by atoms with E-state index in [4.69, 9.17) is 5.11 Å². The number of amides is 3. The third-order valence-corrected chi connectivity index (χ3v) is 3.75. The van der Waals surface area contributed by atoms with Crippen molar-refractivity contribution in [3.63, 3.8) is 0 Å². The smallest absolute Gasteiger partial charge is 0.338 e. The molecule has 1 aromatic heterocycles. The number of carbonyl (C=O) groups is 3. The molecule has 21 heavy (non-hydrogen) atoms. The van der Waals surface area contributed by atoms with Gasteiger partial charge in [0.25, 0.3) is 0 Å². The van der Waals surface area contributed by atoms with E-state index in [1.807, 2.05) is 13.8 Å². The van der Waals surface area contributed by atoms with Crippen molar-refractivity contribution < 1.29 is 19.5 Å². The fourth-order valence-electron chi connectivity index (χ4n) is 1.78. The number of urea groups is 1. The lowest BCUT2D eigenvalue weighted by Crippen LogP contribution is -2.48. The monoisotopic (exact) mass is 313 g/mol.